The average Bonchev–Trinajstić information content (AvgIpc) is 2.93. The lowest BCUT2D eigenvalue weighted by Gasteiger charge is -1.99. The summed E-state index contributed by atoms with van der Waals surface area (Å²) in [7, 11) is 1.40. The Labute approximate surface area is 121 Å². The number of benzene rings is 1. The summed E-state index contributed by atoms with van der Waals surface area (Å²) in [5, 5.41) is 2.99. The predicted molar refractivity (Wildman–Crippen MR) is 79.7 cm³/mol. The van der Waals surface area contributed by atoms with E-state index in [0.29, 0.717) is 12.8 Å². The van der Waals surface area contributed by atoms with Gasteiger partial charge in [0, 0.05) is 22.3 Å². The quantitative estimate of drug-likeness (QED) is 0.623. The number of carbonyl (C=O) groups excluding carboxylic acids is 1. The van der Waals surface area contributed by atoms with Gasteiger partial charge in [-0.2, -0.15) is 0 Å². The number of hydrogen-bond donors (Lipinski definition) is 0. The van der Waals surface area contributed by atoms with Gasteiger partial charge in [-0.25, -0.2) is 4.98 Å². The van der Waals surface area contributed by atoms with E-state index in [1.54, 1.807) is 23.1 Å². The van der Waals surface area contributed by atoms with E-state index >= 15 is 0 Å². The lowest BCUT2D eigenvalue weighted by Crippen LogP contribution is -2.01. The van der Waals surface area contributed by atoms with Gasteiger partial charge in [-0.1, -0.05) is 12.1 Å². The Morgan fingerprint density at radius 2 is 2.11 bits per heavy atom. The number of methoxy groups -OCH3 is 1. The highest BCUT2D eigenvalue weighted by Gasteiger charge is 2.07. The maximum absolute atomic E-state index is 11.1. The zero-order valence-corrected chi connectivity index (χ0v) is 12.5. The molecule has 0 saturated carbocycles. The summed E-state index contributed by atoms with van der Waals surface area (Å²) in [4.78, 5) is 16.9. The molecule has 0 amide bonds. The number of carbonyl (C=O) groups is 1. The van der Waals surface area contributed by atoms with Crippen LogP contribution in [0.25, 0.3) is 10.6 Å². The van der Waals surface area contributed by atoms with Crippen molar-refractivity contribution in [1.82, 2.24) is 4.98 Å². The second kappa shape index (κ2) is 6.73. The highest BCUT2D eigenvalue weighted by atomic mass is 32.2. The van der Waals surface area contributed by atoms with Crippen LogP contribution in [0.4, 0.5) is 0 Å². The summed E-state index contributed by atoms with van der Waals surface area (Å²) in [6, 6.07) is 8.34. The van der Waals surface area contributed by atoms with Gasteiger partial charge in [0.15, 0.2) is 0 Å². The van der Waals surface area contributed by atoms with Crippen molar-refractivity contribution in [2.75, 3.05) is 13.4 Å². The van der Waals surface area contributed by atoms with Gasteiger partial charge in [-0.3, -0.25) is 4.79 Å². The number of nitrogens with zero attached hydrogens (tertiary/aromatic N) is 1. The topological polar surface area (TPSA) is 39.2 Å². The largest absolute Gasteiger partial charge is 0.469 e. The first-order valence-corrected chi connectivity index (χ1v) is 7.99. The normalized spacial score (nSPS) is 10.4. The van der Waals surface area contributed by atoms with Gasteiger partial charge < -0.3 is 4.74 Å². The SMILES string of the molecule is COC(=O)CCc1csc(-c2ccc(SC)cc2)n1. The van der Waals surface area contributed by atoms with Crippen LogP contribution in [0.1, 0.15) is 12.1 Å². The standard InChI is InChI=1S/C14H15NO2S2/c1-17-13(16)8-5-11-9-19-14(15-11)10-3-6-12(18-2)7-4-10/h3-4,6-7,9H,5,8H2,1-2H3. The lowest BCUT2D eigenvalue weighted by molar-refractivity contribution is -0.140. The molecule has 0 atom stereocenters. The molecule has 1 aromatic carbocycles. The lowest BCUT2D eigenvalue weighted by atomic mass is 10.2. The number of esters is 1. The molecule has 0 N–H and O–H groups in total. The van der Waals surface area contributed by atoms with E-state index in [9.17, 15) is 4.79 Å². The van der Waals surface area contributed by atoms with Gasteiger partial charge in [-0.05, 0) is 18.4 Å². The molecular weight excluding hydrogens is 278 g/mol. The first kappa shape index (κ1) is 14.1. The molecule has 2 aromatic rings. The Hall–Kier alpha value is -1.33. The van der Waals surface area contributed by atoms with Crippen molar-refractivity contribution in [2.24, 2.45) is 0 Å². The van der Waals surface area contributed by atoms with Crippen molar-refractivity contribution in [1.29, 1.82) is 0 Å². The van der Waals surface area contributed by atoms with Crippen molar-refractivity contribution in [3.8, 4) is 10.6 Å². The third-order valence-electron chi connectivity index (χ3n) is 2.70. The average molecular weight is 293 g/mol. The van der Waals surface area contributed by atoms with Crippen molar-refractivity contribution in [2.45, 2.75) is 17.7 Å². The number of aromatic nitrogens is 1. The van der Waals surface area contributed by atoms with E-state index in [2.05, 4.69) is 40.2 Å². The van der Waals surface area contributed by atoms with E-state index < -0.39 is 0 Å². The molecule has 2 rings (SSSR count). The van der Waals surface area contributed by atoms with Gasteiger partial charge in [0.1, 0.15) is 5.01 Å². The molecule has 0 spiro atoms. The monoisotopic (exact) mass is 293 g/mol. The summed E-state index contributed by atoms with van der Waals surface area (Å²) in [5.41, 5.74) is 2.06. The molecule has 1 heterocycles. The van der Waals surface area contributed by atoms with Gasteiger partial charge in [-0.15, -0.1) is 23.1 Å². The van der Waals surface area contributed by atoms with E-state index in [1.165, 1.54) is 12.0 Å². The molecule has 100 valence electrons. The van der Waals surface area contributed by atoms with Crippen LogP contribution >= 0.6 is 23.1 Å². The minimum absolute atomic E-state index is 0.195. The first-order valence-electron chi connectivity index (χ1n) is 5.88. The molecule has 0 aliphatic rings. The maximum Gasteiger partial charge on any atom is 0.305 e. The van der Waals surface area contributed by atoms with Crippen molar-refractivity contribution < 1.29 is 9.53 Å². The number of thioether (sulfide) groups is 1. The zero-order chi connectivity index (χ0) is 13.7. The van der Waals surface area contributed by atoms with Crippen molar-refractivity contribution in [3.05, 3.63) is 35.3 Å². The highest BCUT2D eigenvalue weighted by Crippen LogP contribution is 2.26. The summed E-state index contributed by atoms with van der Waals surface area (Å²) in [6.07, 6.45) is 3.07. The Kier molecular flexibility index (Phi) is 4.99. The molecular formula is C14H15NO2S2. The van der Waals surface area contributed by atoms with E-state index in [0.717, 1.165) is 16.3 Å². The van der Waals surface area contributed by atoms with Gasteiger partial charge >= 0.3 is 5.97 Å². The molecule has 1 aromatic heterocycles. The predicted octanol–water partition coefficient (Wildman–Crippen LogP) is 3.64. The highest BCUT2D eigenvalue weighted by molar-refractivity contribution is 7.98. The molecule has 0 aliphatic heterocycles. The second-order valence-corrected chi connectivity index (χ2v) is 5.69. The smallest absolute Gasteiger partial charge is 0.305 e. The van der Waals surface area contributed by atoms with Crippen LogP contribution in [0.3, 0.4) is 0 Å². The van der Waals surface area contributed by atoms with Gasteiger partial charge in [0.05, 0.1) is 19.2 Å². The Morgan fingerprint density at radius 1 is 1.37 bits per heavy atom. The molecule has 3 nitrogen and oxygen atoms in total. The molecule has 5 heteroatoms. The molecule has 0 aliphatic carbocycles. The molecule has 0 radical (unpaired) electrons. The van der Waals surface area contributed by atoms with Crippen molar-refractivity contribution in [3.63, 3.8) is 0 Å². The van der Waals surface area contributed by atoms with Gasteiger partial charge in [0.2, 0.25) is 0 Å². The Balaban J connectivity index is 2.05. The number of thiazole rings is 1. The number of hydrogen-bond acceptors (Lipinski definition) is 5. The number of rotatable bonds is 5. The fraction of sp³-hybridized carbons (Fsp3) is 0.286. The second-order valence-electron chi connectivity index (χ2n) is 3.95. The molecule has 0 saturated heterocycles. The summed E-state index contributed by atoms with van der Waals surface area (Å²) in [5.74, 6) is -0.195. The fourth-order valence-electron chi connectivity index (χ4n) is 1.62. The van der Waals surface area contributed by atoms with Crippen LogP contribution in [0, 0.1) is 0 Å². The van der Waals surface area contributed by atoms with Crippen LogP contribution in [-0.2, 0) is 16.0 Å². The summed E-state index contributed by atoms with van der Waals surface area (Å²) < 4.78 is 4.62. The van der Waals surface area contributed by atoms with Crippen LogP contribution in [0.2, 0.25) is 0 Å². The van der Waals surface area contributed by atoms with Crippen molar-refractivity contribution >= 4 is 29.1 Å². The van der Waals surface area contributed by atoms with E-state index in [-0.39, 0.29) is 5.97 Å². The molecule has 19 heavy (non-hydrogen) atoms. The number of ether oxygens (including phenoxy) is 1. The first-order chi connectivity index (χ1) is 9.22. The minimum Gasteiger partial charge on any atom is -0.469 e. The molecule has 0 bridgehead atoms. The van der Waals surface area contributed by atoms with Crippen LogP contribution in [-0.4, -0.2) is 24.3 Å². The molecule has 0 fully saturated rings. The third kappa shape index (κ3) is 3.81. The van der Waals surface area contributed by atoms with Crippen LogP contribution < -0.4 is 0 Å². The fourth-order valence-corrected chi connectivity index (χ4v) is 2.89. The maximum atomic E-state index is 11.1. The van der Waals surface area contributed by atoms with E-state index in [1.807, 2.05) is 5.38 Å². The van der Waals surface area contributed by atoms with Gasteiger partial charge in [0.25, 0.3) is 0 Å². The zero-order valence-electron chi connectivity index (χ0n) is 10.9. The minimum atomic E-state index is -0.195. The Bertz CT molecular complexity index is 549. The molecule has 0 unspecified atom stereocenters. The summed E-state index contributed by atoms with van der Waals surface area (Å²) >= 11 is 3.33. The van der Waals surface area contributed by atoms with E-state index in [4.69, 9.17) is 0 Å². The number of aryl methyl sites for hydroxylation is 1. The Morgan fingerprint density at radius 3 is 2.74 bits per heavy atom. The third-order valence-corrected chi connectivity index (χ3v) is 4.39. The van der Waals surface area contributed by atoms with Crippen LogP contribution in [0.15, 0.2) is 34.5 Å². The summed E-state index contributed by atoms with van der Waals surface area (Å²) in [6.45, 7) is 0. The van der Waals surface area contributed by atoms with Crippen LogP contribution in [0.5, 0.6) is 0 Å².